The Morgan fingerprint density at radius 2 is 1.61 bits per heavy atom. The van der Waals surface area contributed by atoms with Crippen molar-refractivity contribution in [1.29, 1.82) is 0 Å². The van der Waals surface area contributed by atoms with E-state index in [4.69, 9.17) is 5.11 Å². The largest absolute Gasteiger partial charge is 1.00 e. The summed E-state index contributed by atoms with van der Waals surface area (Å²) >= 11 is 0. The van der Waals surface area contributed by atoms with Crippen LogP contribution in [0.15, 0.2) is 0 Å². The van der Waals surface area contributed by atoms with Gasteiger partial charge in [0.25, 0.3) is 0 Å². The van der Waals surface area contributed by atoms with Gasteiger partial charge >= 0.3 is 103 Å². The molecule has 0 aromatic rings. The van der Waals surface area contributed by atoms with Crippen LogP contribution in [-0.4, -0.2) is 57.7 Å². The fourth-order valence-corrected chi connectivity index (χ4v) is 1.71. The van der Waals surface area contributed by atoms with Gasteiger partial charge in [-0.3, -0.25) is 0 Å². The molecule has 12 heteroatoms. The number of ether oxygens (including phenoxy) is 1. The van der Waals surface area contributed by atoms with Crippen molar-refractivity contribution >= 4 is 7.82 Å². The average Bonchev–Trinajstić information content (AvgIpc) is 2.17. The molecule has 0 amide bonds. The van der Waals surface area contributed by atoms with Crippen molar-refractivity contribution in [1.82, 2.24) is 0 Å². The molecule has 9 nitrogen and oxygen atoms in total. The van der Waals surface area contributed by atoms with E-state index in [2.05, 4.69) is 9.26 Å². The predicted molar refractivity (Wildman–Crippen MR) is 42.5 cm³/mol. The molecule has 0 bridgehead atoms. The second-order valence-electron chi connectivity index (χ2n) is 3.25. The molecule has 0 saturated carbocycles. The molecule has 18 heavy (non-hydrogen) atoms. The van der Waals surface area contributed by atoms with Gasteiger partial charge in [-0.15, -0.1) is 0 Å². The van der Waals surface area contributed by atoms with Crippen LogP contribution < -0.4 is 113 Å². The minimum Gasteiger partial charge on any atom is -0.790 e. The summed E-state index contributed by atoms with van der Waals surface area (Å²) in [6, 6.07) is 0. The Kier molecular flexibility index (Phi) is 13.1. The summed E-state index contributed by atoms with van der Waals surface area (Å²) in [6.07, 6.45) is -8.61. The Hall–Kier alpha value is 3.18. The third-order valence-electron chi connectivity index (χ3n) is 2.08. The van der Waals surface area contributed by atoms with Crippen LogP contribution in [0.3, 0.4) is 0 Å². The van der Waals surface area contributed by atoms with E-state index >= 15 is 0 Å². The molecule has 96 valence electrons. The van der Waals surface area contributed by atoms with Gasteiger partial charge in [0, 0.05) is 0 Å². The Labute approximate surface area is 188 Å². The summed E-state index contributed by atoms with van der Waals surface area (Å²) in [7, 11) is -5.41. The summed E-state index contributed by atoms with van der Waals surface area (Å²) in [6.45, 7) is -0.743. The van der Waals surface area contributed by atoms with E-state index in [0.717, 1.165) is 0 Å². The van der Waals surface area contributed by atoms with Crippen molar-refractivity contribution in [3.05, 3.63) is 0 Å². The number of aliphatic hydroxyl groups excluding tert-OH is 4. The van der Waals surface area contributed by atoms with Gasteiger partial charge in [-0.05, 0) is 0 Å². The van der Waals surface area contributed by atoms with Crippen LogP contribution in [0.1, 0.15) is 0 Å². The van der Waals surface area contributed by atoms with E-state index in [9.17, 15) is 29.7 Å². The summed E-state index contributed by atoms with van der Waals surface area (Å²) in [5, 5.41) is 36.5. The monoisotopic (exact) mass is 336 g/mol. The van der Waals surface area contributed by atoms with Crippen LogP contribution in [-0.2, 0) is 13.8 Å². The van der Waals surface area contributed by atoms with Crippen LogP contribution in [0.4, 0.5) is 0 Å². The molecule has 0 spiro atoms. The van der Waals surface area contributed by atoms with Gasteiger partial charge in [0.2, 0.25) is 0 Å². The number of aliphatic hydroxyl groups is 4. The summed E-state index contributed by atoms with van der Waals surface area (Å²) in [4.78, 5) is 20.6. The molecule has 0 aliphatic carbocycles. The van der Waals surface area contributed by atoms with Crippen molar-refractivity contribution in [2.75, 3.05) is 6.61 Å². The van der Waals surface area contributed by atoms with Gasteiger partial charge < -0.3 is 44.0 Å². The smallest absolute Gasteiger partial charge is 0.790 e. The SMILES string of the molecule is O=P([O-])([O-])O[C@@H]1O[C@@H](CO)[C@H](O)[C@@H](O)[C@@H]1O.[K+].[K+]. The maximum Gasteiger partial charge on any atom is 1.00 e. The first kappa shape index (κ1) is 23.4. The fourth-order valence-electron chi connectivity index (χ4n) is 1.28. The maximum atomic E-state index is 10.3. The molecule has 0 aromatic carbocycles. The van der Waals surface area contributed by atoms with Crippen molar-refractivity contribution < 1.29 is 147 Å². The van der Waals surface area contributed by atoms with Crippen LogP contribution >= 0.6 is 7.82 Å². The van der Waals surface area contributed by atoms with Crippen LogP contribution in [0.25, 0.3) is 0 Å². The van der Waals surface area contributed by atoms with Gasteiger partial charge in [-0.25, -0.2) is 0 Å². The van der Waals surface area contributed by atoms with Gasteiger partial charge in [-0.1, -0.05) is 0 Å². The zero-order valence-corrected chi connectivity index (χ0v) is 17.0. The molecule has 0 unspecified atom stereocenters. The molecule has 0 aromatic heterocycles. The van der Waals surface area contributed by atoms with E-state index in [1.54, 1.807) is 0 Å². The average molecular weight is 336 g/mol. The van der Waals surface area contributed by atoms with Gasteiger partial charge in [0.15, 0.2) is 6.29 Å². The first-order valence-corrected chi connectivity index (χ1v) is 5.73. The Bertz CT molecular complexity index is 284. The number of hydrogen-bond donors (Lipinski definition) is 4. The topological polar surface area (TPSA) is 163 Å². The Balaban J connectivity index is 0. The molecule has 1 heterocycles. The first-order valence-electron chi connectivity index (χ1n) is 4.27. The van der Waals surface area contributed by atoms with Crippen LogP contribution in [0, 0.1) is 0 Å². The number of rotatable bonds is 3. The third-order valence-corrected chi connectivity index (χ3v) is 2.55. The maximum absolute atomic E-state index is 10.3. The zero-order valence-electron chi connectivity index (χ0n) is 9.87. The first-order chi connectivity index (χ1) is 7.26. The molecule has 1 aliphatic rings. The van der Waals surface area contributed by atoms with E-state index in [-0.39, 0.29) is 103 Å². The normalized spacial score (nSPS) is 36.4. The molecule has 1 rings (SSSR count). The second-order valence-corrected chi connectivity index (χ2v) is 4.36. The number of hydrogen-bond acceptors (Lipinski definition) is 9. The summed E-state index contributed by atoms with van der Waals surface area (Å²) in [5.41, 5.74) is 0. The van der Waals surface area contributed by atoms with Crippen molar-refractivity contribution in [3.8, 4) is 0 Å². The molecule has 5 atom stereocenters. The minimum absolute atomic E-state index is 0. The van der Waals surface area contributed by atoms with Gasteiger partial charge in [0.1, 0.15) is 24.4 Å². The predicted octanol–water partition coefficient (Wildman–Crippen LogP) is -10.4. The Morgan fingerprint density at radius 1 is 1.11 bits per heavy atom. The number of phosphoric ester groups is 1. The molecular formula is C6H11K2O9P. The van der Waals surface area contributed by atoms with E-state index in [1.165, 1.54) is 0 Å². The fraction of sp³-hybridized carbons (Fsp3) is 1.00. The van der Waals surface area contributed by atoms with Crippen LogP contribution in [0.2, 0.25) is 0 Å². The number of phosphoric acid groups is 1. The Morgan fingerprint density at radius 3 is 2.00 bits per heavy atom. The van der Waals surface area contributed by atoms with Gasteiger partial charge in [0.05, 0.1) is 14.4 Å². The molecule has 4 N–H and O–H groups in total. The molecule has 1 aliphatic heterocycles. The second kappa shape index (κ2) is 10.1. The third kappa shape index (κ3) is 6.96. The van der Waals surface area contributed by atoms with Gasteiger partial charge in [-0.2, -0.15) is 0 Å². The summed E-state index contributed by atoms with van der Waals surface area (Å²) < 4.78 is 18.7. The minimum atomic E-state index is -5.41. The van der Waals surface area contributed by atoms with E-state index in [0.29, 0.717) is 0 Å². The van der Waals surface area contributed by atoms with Crippen molar-refractivity contribution in [3.63, 3.8) is 0 Å². The molecule has 1 saturated heterocycles. The standard InChI is InChI=1S/C6H13O9P.2K/c7-1-2-3(8)4(9)5(10)6(14-2)15-16(11,12)13;;/h2-10H,1H2,(H2,11,12,13);;/q;2*+1/p-2/t2-,3-,4+,5-,6-;;/m0../s1. The van der Waals surface area contributed by atoms with Crippen molar-refractivity contribution in [2.45, 2.75) is 30.7 Å². The molecule has 1 fully saturated rings. The summed E-state index contributed by atoms with van der Waals surface area (Å²) in [5.74, 6) is 0. The van der Waals surface area contributed by atoms with E-state index in [1.807, 2.05) is 0 Å². The quantitative estimate of drug-likeness (QED) is 0.289. The van der Waals surface area contributed by atoms with E-state index < -0.39 is 45.1 Å². The zero-order chi connectivity index (χ0) is 12.5. The molecular weight excluding hydrogens is 325 g/mol. The van der Waals surface area contributed by atoms with Crippen molar-refractivity contribution in [2.24, 2.45) is 0 Å². The van der Waals surface area contributed by atoms with Crippen LogP contribution in [0.5, 0.6) is 0 Å². The molecule has 0 radical (unpaired) electrons.